The van der Waals surface area contributed by atoms with Crippen LogP contribution in [0.15, 0.2) is 30.5 Å². The Hall–Kier alpha value is -2.23. The minimum absolute atomic E-state index is 0.170. The van der Waals surface area contributed by atoms with E-state index in [0.29, 0.717) is 6.54 Å². The molecule has 0 aliphatic carbocycles. The Labute approximate surface area is 119 Å². The van der Waals surface area contributed by atoms with Crippen molar-refractivity contribution in [1.29, 1.82) is 0 Å². The number of hydrogen-bond acceptors (Lipinski definition) is 4. The molecule has 0 radical (unpaired) electrons. The number of hydrogen-bond donors (Lipinski definition) is 2. The summed E-state index contributed by atoms with van der Waals surface area (Å²) in [6.45, 7) is 0.170. The van der Waals surface area contributed by atoms with Gasteiger partial charge in [-0.25, -0.2) is 9.37 Å². The second kappa shape index (κ2) is 6.80. The van der Waals surface area contributed by atoms with Crippen LogP contribution in [0.4, 0.5) is 4.39 Å². The number of pyridine rings is 1. The number of aromatic nitrogens is 1. The predicted octanol–water partition coefficient (Wildman–Crippen LogP) is 1.56. The fourth-order valence-corrected chi connectivity index (χ4v) is 2.26. The first-order valence-electron chi connectivity index (χ1n) is 5.77. The van der Waals surface area contributed by atoms with E-state index in [9.17, 15) is 9.18 Å². The van der Waals surface area contributed by atoms with Crippen LogP contribution >= 0.6 is 11.3 Å². The fraction of sp³-hybridized carbons (Fsp3) is 0.143. The highest BCUT2D eigenvalue weighted by atomic mass is 32.1. The average Bonchev–Trinajstić information content (AvgIpc) is 2.91. The van der Waals surface area contributed by atoms with Crippen LogP contribution in [0.3, 0.4) is 0 Å². The Morgan fingerprint density at radius 1 is 1.40 bits per heavy atom. The molecule has 2 rings (SSSR count). The van der Waals surface area contributed by atoms with Crippen molar-refractivity contribution in [2.24, 2.45) is 0 Å². The quantitative estimate of drug-likeness (QED) is 0.843. The first kappa shape index (κ1) is 14.2. The van der Waals surface area contributed by atoms with Gasteiger partial charge in [0.15, 0.2) is 0 Å². The lowest BCUT2D eigenvalue weighted by atomic mass is 10.3. The van der Waals surface area contributed by atoms with E-state index in [-0.39, 0.29) is 18.2 Å². The number of aliphatic hydroxyl groups excluding tert-OH is 1. The molecule has 1 amide bonds. The van der Waals surface area contributed by atoms with Crippen LogP contribution in [0, 0.1) is 17.7 Å². The molecule has 102 valence electrons. The fourth-order valence-electron chi connectivity index (χ4n) is 1.43. The van der Waals surface area contributed by atoms with Crippen molar-refractivity contribution in [3.8, 4) is 11.8 Å². The van der Waals surface area contributed by atoms with Gasteiger partial charge < -0.3 is 10.4 Å². The van der Waals surface area contributed by atoms with Crippen molar-refractivity contribution < 1.29 is 14.3 Å². The summed E-state index contributed by atoms with van der Waals surface area (Å²) in [7, 11) is 0. The van der Waals surface area contributed by atoms with E-state index >= 15 is 0 Å². The predicted molar refractivity (Wildman–Crippen MR) is 73.6 cm³/mol. The molecule has 0 unspecified atom stereocenters. The van der Waals surface area contributed by atoms with Crippen LogP contribution in [-0.4, -0.2) is 22.6 Å². The summed E-state index contributed by atoms with van der Waals surface area (Å²) in [6.07, 6.45) is 1.00. The summed E-state index contributed by atoms with van der Waals surface area (Å²) in [5.74, 6) is 4.51. The number of thiophene rings is 1. The topological polar surface area (TPSA) is 62.2 Å². The van der Waals surface area contributed by atoms with Gasteiger partial charge in [-0.2, -0.15) is 0 Å². The number of nitrogens with one attached hydrogen (secondary N) is 1. The zero-order valence-corrected chi connectivity index (χ0v) is 11.2. The number of nitrogens with zero attached hydrogens (tertiary/aromatic N) is 1. The molecule has 0 saturated carbocycles. The molecule has 4 nitrogen and oxygen atoms in total. The number of amides is 1. The highest BCUT2D eigenvalue weighted by Gasteiger charge is 2.07. The van der Waals surface area contributed by atoms with Crippen molar-refractivity contribution in [2.45, 2.75) is 6.54 Å². The van der Waals surface area contributed by atoms with Gasteiger partial charge in [-0.1, -0.05) is 11.8 Å². The third kappa shape index (κ3) is 3.88. The Morgan fingerprint density at radius 2 is 2.25 bits per heavy atom. The number of rotatable bonds is 3. The van der Waals surface area contributed by atoms with E-state index in [0.717, 1.165) is 16.0 Å². The maximum Gasteiger partial charge on any atom is 0.270 e. The second-order valence-corrected chi connectivity index (χ2v) is 4.94. The molecular formula is C14H11FN2O2S. The van der Waals surface area contributed by atoms with E-state index in [4.69, 9.17) is 5.11 Å². The monoisotopic (exact) mass is 290 g/mol. The van der Waals surface area contributed by atoms with Gasteiger partial charge in [0.2, 0.25) is 0 Å². The molecule has 0 saturated heterocycles. The minimum Gasteiger partial charge on any atom is -0.384 e. The molecule has 2 aromatic heterocycles. The maximum absolute atomic E-state index is 12.7. The minimum atomic E-state index is -0.480. The summed E-state index contributed by atoms with van der Waals surface area (Å²) in [4.78, 5) is 17.2. The van der Waals surface area contributed by atoms with Crippen molar-refractivity contribution in [1.82, 2.24) is 10.3 Å². The van der Waals surface area contributed by atoms with E-state index in [1.807, 2.05) is 12.1 Å². The summed E-state index contributed by atoms with van der Waals surface area (Å²) < 4.78 is 12.7. The van der Waals surface area contributed by atoms with Gasteiger partial charge in [0.1, 0.15) is 18.1 Å². The van der Waals surface area contributed by atoms with Crippen LogP contribution in [0.25, 0.3) is 0 Å². The van der Waals surface area contributed by atoms with Crippen molar-refractivity contribution >= 4 is 17.2 Å². The normalized spacial score (nSPS) is 9.70. The first-order valence-corrected chi connectivity index (χ1v) is 6.59. The van der Waals surface area contributed by atoms with Gasteiger partial charge >= 0.3 is 0 Å². The molecular weight excluding hydrogens is 279 g/mol. The average molecular weight is 290 g/mol. The molecule has 2 aromatic rings. The van der Waals surface area contributed by atoms with E-state index < -0.39 is 5.82 Å². The SMILES string of the molecule is O=C(NCc1ccc(C#CCO)s1)c1ccc(F)cn1. The van der Waals surface area contributed by atoms with E-state index in [2.05, 4.69) is 22.1 Å². The van der Waals surface area contributed by atoms with Gasteiger partial charge in [0.05, 0.1) is 17.6 Å². The molecule has 2 N–H and O–H groups in total. The molecule has 2 heterocycles. The Balaban J connectivity index is 1.93. The molecule has 6 heteroatoms. The van der Waals surface area contributed by atoms with E-state index in [1.54, 1.807) is 0 Å². The van der Waals surface area contributed by atoms with Crippen LogP contribution < -0.4 is 5.32 Å². The number of halogens is 1. The highest BCUT2D eigenvalue weighted by Crippen LogP contribution is 2.15. The second-order valence-electron chi connectivity index (χ2n) is 3.77. The standard InChI is InChI=1S/C14H11FN2O2S/c15-10-3-6-13(16-8-10)14(19)17-9-12-5-4-11(20-12)2-1-7-18/h3-6,8,18H,7,9H2,(H,17,19). The van der Waals surface area contributed by atoms with Crippen LogP contribution in [0.2, 0.25) is 0 Å². The molecule has 0 bridgehead atoms. The molecule has 0 spiro atoms. The molecule has 0 fully saturated rings. The van der Waals surface area contributed by atoms with Crippen molar-refractivity contribution in [3.63, 3.8) is 0 Å². The van der Waals surface area contributed by atoms with Crippen LogP contribution in [0.5, 0.6) is 0 Å². The van der Waals surface area contributed by atoms with Gasteiger partial charge in [-0.05, 0) is 24.3 Å². The molecule has 0 aliphatic heterocycles. The molecule has 0 atom stereocenters. The van der Waals surface area contributed by atoms with Crippen molar-refractivity contribution in [3.05, 3.63) is 51.7 Å². The number of carbonyl (C=O) groups is 1. The zero-order chi connectivity index (χ0) is 14.4. The van der Waals surface area contributed by atoms with Crippen LogP contribution in [0.1, 0.15) is 20.2 Å². The lowest BCUT2D eigenvalue weighted by Crippen LogP contribution is -2.23. The number of aliphatic hydroxyl groups is 1. The van der Waals surface area contributed by atoms with Gasteiger partial charge in [-0.15, -0.1) is 11.3 Å². The molecule has 20 heavy (non-hydrogen) atoms. The van der Waals surface area contributed by atoms with Gasteiger partial charge in [-0.3, -0.25) is 4.79 Å². The highest BCUT2D eigenvalue weighted by molar-refractivity contribution is 7.12. The summed E-state index contributed by atoms with van der Waals surface area (Å²) in [5.41, 5.74) is 0.170. The largest absolute Gasteiger partial charge is 0.384 e. The zero-order valence-electron chi connectivity index (χ0n) is 10.4. The van der Waals surface area contributed by atoms with E-state index in [1.165, 1.54) is 23.5 Å². The third-order valence-corrected chi connectivity index (χ3v) is 3.34. The molecule has 0 aliphatic rings. The number of carbonyl (C=O) groups excluding carboxylic acids is 1. The summed E-state index contributed by atoms with van der Waals surface area (Å²) in [6, 6.07) is 6.20. The van der Waals surface area contributed by atoms with Gasteiger partial charge in [0.25, 0.3) is 5.91 Å². The Kier molecular flexibility index (Phi) is 4.82. The Bertz CT molecular complexity index is 656. The lowest BCUT2D eigenvalue weighted by Gasteiger charge is -2.02. The van der Waals surface area contributed by atoms with Crippen LogP contribution in [-0.2, 0) is 6.54 Å². The Morgan fingerprint density at radius 3 is 2.95 bits per heavy atom. The lowest BCUT2D eigenvalue weighted by molar-refractivity contribution is 0.0946. The first-order chi connectivity index (χ1) is 9.69. The third-order valence-electron chi connectivity index (χ3n) is 2.34. The molecule has 0 aromatic carbocycles. The summed E-state index contributed by atoms with van der Waals surface area (Å²) >= 11 is 1.43. The smallest absolute Gasteiger partial charge is 0.270 e. The summed E-state index contributed by atoms with van der Waals surface area (Å²) in [5, 5.41) is 11.3. The van der Waals surface area contributed by atoms with Gasteiger partial charge in [0, 0.05) is 4.88 Å². The van der Waals surface area contributed by atoms with Crippen molar-refractivity contribution in [2.75, 3.05) is 6.61 Å². The maximum atomic E-state index is 12.7.